The van der Waals surface area contributed by atoms with Gasteiger partial charge in [-0.05, 0) is 74.6 Å². The third-order valence-corrected chi connectivity index (χ3v) is 7.75. The first-order valence-electron chi connectivity index (χ1n) is 18.3. The van der Waals surface area contributed by atoms with Gasteiger partial charge < -0.3 is 23.7 Å². The van der Waals surface area contributed by atoms with E-state index in [0.29, 0.717) is 55.8 Å². The van der Waals surface area contributed by atoms with Crippen molar-refractivity contribution in [3.63, 3.8) is 0 Å². The summed E-state index contributed by atoms with van der Waals surface area (Å²) in [4.78, 5) is 14.1. The fraction of sp³-hybridized carbons (Fsp3) is 0.625. The van der Waals surface area contributed by atoms with Gasteiger partial charge in [-0.2, -0.15) is 0 Å². The molecule has 0 unspecified atom stereocenters. The van der Waals surface area contributed by atoms with E-state index in [-0.39, 0.29) is 5.78 Å². The number of ether oxygens (including phenoxy) is 5. The molecule has 0 bridgehead atoms. The third-order valence-electron chi connectivity index (χ3n) is 7.75. The Morgan fingerprint density at radius 3 is 1.50 bits per heavy atom. The maximum atomic E-state index is 14.1. The fourth-order valence-corrected chi connectivity index (χ4v) is 4.95. The Morgan fingerprint density at radius 2 is 0.957 bits per heavy atom. The van der Waals surface area contributed by atoms with Gasteiger partial charge in [-0.25, -0.2) is 0 Å². The van der Waals surface area contributed by atoms with Crippen LogP contribution in [0.15, 0.2) is 36.4 Å². The Hall–Kier alpha value is -3.15. The molecule has 2 aromatic rings. The zero-order valence-electron chi connectivity index (χ0n) is 29.6. The number of unbranched alkanes of at least 4 members (excludes halogenated alkanes) is 10. The van der Waals surface area contributed by atoms with Crippen molar-refractivity contribution in [1.82, 2.24) is 0 Å². The van der Waals surface area contributed by atoms with Crippen LogP contribution in [0.5, 0.6) is 28.7 Å². The Balaban J connectivity index is 2.47. The standard InChI is InChI=1S/C40H62O6/c1-6-11-16-27-42-34-22-24-36(43-28-17-12-7-2)33(32-34)21-23-35(41)39-37(44-29-18-13-8-3)25-26-38(45-30-19-14-9-4)40(39)46-31-20-15-10-5/h21-26,32H,6-20,27-31H2,1-5H3/b23-21+. The smallest absolute Gasteiger partial charge is 0.193 e. The molecule has 2 rings (SSSR count). The average Bonchev–Trinajstić information content (AvgIpc) is 3.07. The summed E-state index contributed by atoms with van der Waals surface area (Å²) in [5.74, 6) is 2.90. The van der Waals surface area contributed by atoms with Crippen LogP contribution in [0, 0.1) is 0 Å². The highest BCUT2D eigenvalue weighted by Crippen LogP contribution is 2.39. The molecule has 6 heteroatoms. The average molecular weight is 639 g/mol. The summed E-state index contributed by atoms with van der Waals surface area (Å²) in [6.07, 6.45) is 19.2. The van der Waals surface area contributed by atoms with Crippen LogP contribution < -0.4 is 23.7 Å². The molecule has 0 aliphatic rings. The van der Waals surface area contributed by atoms with Crippen LogP contribution in [0.4, 0.5) is 0 Å². The maximum absolute atomic E-state index is 14.1. The van der Waals surface area contributed by atoms with Crippen LogP contribution in [-0.2, 0) is 0 Å². The number of hydrogen-bond donors (Lipinski definition) is 0. The number of rotatable bonds is 28. The second-order valence-electron chi connectivity index (χ2n) is 11.9. The van der Waals surface area contributed by atoms with Gasteiger partial charge in [0.2, 0.25) is 0 Å². The minimum absolute atomic E-state index is 0.193. The molecule has 0 N–H and O–H groups in total. The van der Waals surface area contributed by atoms with E-state index in [0.717, 1.165) is 113 Å². The van der Waals surface area contributed by atoms with E-state index in [1.165, 1.54) is 0 Å². The van der Waals surface area contributed by atoms with Gasteiger partial charge in [-0.15, -0.1) is 0 Å². The van der Waals surface area contributed by atoms with E-state index in [1.54, 1.807) is 6.08 Å². The molecular formula is C40H62O6. The first kappa shape index (κ1) is 39.0. The largest absolute Gasteiger partial charge is 0.494 e. The topological polar surface area (TPSA) is 63.2 Å². The van der Waals surface area contributed by atoms with Crippen LogP contribution in [0.1, 0.15) is 147 Å². The monoisotopic (exact) mass is 638 g/mol. The van der Waals surface area contributed by atoms with Crippen LogP contribution in [-0.4, -0.2) is 38.8 Å². The van der Waals surface area contributed by atoms with Crippen molar-refractivity contribution < 1.29 is 28.5 Å². The molecule has 0 aromatic heterocycles. The Kier molecular flexibility index (Phi) is 21.2. The summed E-state index contributed by atoms with van der Waals surface area (Å²) in [7, 11) is 0. The van der Waals surface area contributed by atoms with Crippen molar-refractivity contribution in [2.45, 2.75) is 131 Å². The summed E-state index contributed by atoms with van der Waals surface area (Å²) < 4.78 is 31.0. The molecule has 0 saturated heterocycles. The van der Waals surface area contributed by atoms with Gasteiger partial charge in [0, 0.05) is 5.56 Å². The highest BCUT2D eigenvalue weighted by Gasteiger charge is 2.23. The molecule has 0 radical (unpaired) electrons. The van der Waals surface area contributed by atoms with Crippen molar-refractivity contribution in [2.24, 2.45) is 0 Å². The number of hydrogen-bond acceptors (Lipinski definition) is 6. The van der Waals surface area contributed by atoms with E-state index in [9.17, 15) is 4.79 Å². The van der Waals surface area contributed by atoms with Crippen LogP contribution in [0.3, 0.4) is 0 Å². The highest BCUT2D eigenvalue weighted by molar-refractivity contribution is 6.11. The molecular weight excluding hydrogens is 576 g/mol. The number of carbonyl (C=O) groups excluding carboxylic acids is 1. The molecule has 6 nitrogen and oxygen atoms in total. The molecule has 0 amide bonds. The summed E-state index contributed by atoms with van der Waals surface area (Å²) >= 11 is 0. The molecule has 0 spiro atoms. The van der Waals surface area contributed by atoms with E-state index >= 15 is 0 Å². The summed E-state index contributed by atoms with van der Waals surface area (Å²) in [5.41, 5.74) is 1.22. The van der Waals surface area contributed by atoms with Crippen molar-refractivity contribution in [1.29, 1.82) is 0 Å². The second kappa shape index (κ2) is 25.0. The maximum Gasteiger partial charge on any atom is 0.193 e. The normalized spacial score (nSPS) is 11.2. The Morgan fingerprint density at radius 1 is 0.522 bits per heavy atom. The van der Waals surface area contributed by atoms with Crippen molar-refractivity contribution in [2.75, 3.05) is 33.0 Å². The van der Waals surface area contributed by atoms with Gasteiger partial charge >= 0.3 is 0 Å². The highest BCUT2D eigenvalue weighted by atomic mass is 16.5. The van der Waals surface area contributed by atoms with Crippen molar-refractivity contribution in [3.8, 4) is 28.7 Å². The second-order valence-corrected chi connectivity index (χ2v) is 11.9. The lowest BCUT2D eigenvalue weighted by molar-refractivity contribution is 0.103. The minimum atomic E-state index is -0.193. The van der Waals surface area contributed by atoms with Gasteiger partial charge in [0.05, 0.1) is 33.0 Å². The number of benzene rings is 2. The van der Waals surface area contributed by atoms with Crippen molar-refractivity contribution >= 4 is 11.9 Å². The molecule has 0 atom stereocenters. The molecule has 46 heavy (non-hydrogen) atoms. The summed E-state index contributed by atoms with van der Waals surface area (Å²) in [6, 6.07) is 9.60. The van der Waals surface area contributed by atoms with Gasteiger partial charge in [0.25, 0.3) is 0 Å². The summed E-state index contributed by atoms with van der Waals surface area (Å²) in [5, 5.41) is 0. The van der Waals surface area contributed by atoms with Crippen LogP contribution >= 0.6 is 0 Å². The van der Waals surface area contributed by atoms with Gasteiger partial charge in [-0.3, -0.25) is 4.79 Å². The molecule has 0 fully saturated rings. The molecule has 2 aromatic carbocycles. The van der Waals surface area contributed by atoms with E-state index in [2.05, 4.69) is 34.6 Å². The zero-order chi connectivity index (χ0) is 33.2. The van der Waals surface area contributed by atoms with Gasteiger partial charge in [-0.1, -0.05) is 98.8 Å². The lowest BCUT2D eigenvalue weighted by Crippen LogP contribution is -2.10. The lowest BCUT2D eigenvalue weighted by atomic mass is 10.0. The molecule has 0 heterocycles. The predicted molar refractivity (Wildman–Crippen MR) is 191 cm³/mol. The number of allylic oxidation sites excluding steroid dienone is 1. The molecule has 258 valence electrons. The van der Waals surface area contributed by atoms with Crippen LogP contribution in [0.2, 0.25) is 0 Å². The number of ketones is 1. The van der Waals surface area contributed by atoms with Gasteiger partial charge in [0.1, 0.15) is 22.8 Å². The van der Waals surface area contributed by atoms with E-state index in [1.807, 2.05) is 36.4 Å². The minimum Gasteiger partial charge on any atom is -0.494 e. The lowest BCUT2D eigenvalue weighted by Gasteiger charge is -2.19. The quantitative estimate of drug-likeness (QED) is 0.0525. The number of carbonyl (C=O) groups is 1. The van der Waals surface area contributed by atoms with Crippen LogP contribution in [0.25, 0.3) is 6.08 Å². The van der Waals surface area contributed by atoms with E-state index < -0.39 is 0 Å². The summed E-state index contributed by atoms with van der Waals surface area (Å²) in [6.45, 7) is 13.8. The first-order valence-corrected chi connectivity index (χ1v) is 18.3. The molecule has 0 aliphatic heterocycles. The first-order chi connectivity index (χ1) is 22.6. The molecule has 0 aliphatic carbocycles. The van der Waals surface area contributed by atoms with Gasteiger partial charge in [0.15, 0.2) is 17.3 Å². The Bertz CT molecular complexity index is 1120. The zero-order valence-corrected chi connectivity index (χ0v) is 29.6. The van der Waals surface area contributed by atoms with E-state index in [4.69, 9.17) is 23.7 Å². The molecule has 0 saturated carbocycles. The van der Waals surface area contributed by atoms with Crippen molar-refractivity contribution in [3.05, 3.63) is 47.5 Å². The Labute approximate surface area is 280 Å². The fourth-order valence-electron chi connectivity index (χ4n) is 4.95. The third kappa shape index (κ3) is 15.0. The predicted octanol–water partition coefficient (Wildman–Crippen LogP) is 11.4. The SMILES string of the molecule is CCCCCOc1ccc(OCCCCC)c(/C=C/C(=O)c2c(OCCCCC)ccc(OCCCCC)c2OCCCCC)c1.